The van der Waals surface area contributed by atoms with Crippen LogP contribution < -0.4 is 5.56 Å². The Labute approximate surface area is 75.4 Å². The van der Waals surface area contributed by atoms with Crippen molar-refractivity contribution in [3.05, 3.63) is 28.2 Å². The molecule has 0 bridgehead atoms. The van der Waals surface area contributed by atoms with Crippen molar-refractivity contribution >= 4 is 5.78 Å². The van der Waals surface area contributed by atoms with Crippen LogP contribution in [0.15, 0.2) is 17.1 Å². The van der Waals surface area contributed by atoms with Crippen LogP contribution in [0.25, 0.3) is 0 Å². The molecule has 0 fully saturated rings. The molecule has 0 atom stereocenters. The van der Waals surface area contributed by atoms with Gasteiger partial charge in [-0.05, 0) is 13.8 Å². The number of hydrogen-bond acceptors (Lipinski definition) is 3. The van der Waals surface area contributed by atoms with Crippen molar-refractivity contribution in [2.24, 2.45) is 0 Å². The van der Waals surface area contributed by atoms with Crippen LogP contribution in [0, 0.1) is 0 Å². The van der Waals surface area contributed by atoms with Crippen LogP contribution in [-0.2, 0) is 6.54 Å². The maximum atomic E-state index is 11.1. The predicted octanol–water partition coefficient (Wildman–Crippen LogP) is 0.776. The Balaban J connectivity index is 3.39. The second-order valence-corrected chi connectivity index (χ2v) is 2.75. The SMILES string of the molecule is CCn1cc(C(C)=O)c(O)cc1=O. The van der Waals surface area contributed by atoms with Crippen molar-refractivity contribution in [2.45, 2.75) is 20.4 Å². The Bertz CT molecular complexity index is 392. The Morgan fingerprint density at radius 3 is 2.69 bits per heavy atom. The van der Waals surface area contributed by atoms with E-state index < -0.39 is 0 Å². The fourth-order valence-corrected chi connectivity index (χ4v) is 1.08. The Morgan fingerprint density at radius 1 is 1.62 bits per heavy atom. The summed E-state index contributed by atoms with van der Waals surface area (Å²) in [7, 11) is 0. The molecule has 0 amide bonds. The van der Waals surface area contributed by atoms with E-state index in [1.54, 1.807) is 6.92 Å². The molecule has 0 aliphatic heterocycles. The number of Topliss-reactive ketones (excluding diaryl/α,β-unsaturated/α-hetero) is 1. The van der Waals surface area contributed by atoms with Gasteiger partial charge in [0, 0.05) is 18.8 Å². The summed E-state index contributed by atoms with van der Waals surface area (Å²) in [5.41, 5.74) is -0.119. The number of aromatic nitrogens is 1. The first-order valence-electron chi connectivity index (χ1n) is 4.00. The predicted molar refractivity (Wildman–Crippen MR) is 48.0 cm³/mol. The quantitative estimate of drug-likeness (QED) is 0.686. The molecule has 0 unspecified atom stereocenters. The molecule has 0 radical (unpaired) electrons. The highest BCUT2D eigenvalue weighted by molar-refractivity contribution is 5.96. The highest BCUT2D eigenvalue weighted by Crippen LogP contribution is 2.13. The monoisotopic (exact) mass is 181 g/mol. The van der Waals surface area contributed by atoms with Gasteiger partial charge in [0.15, 0.2) is 5.78 Å². The van der Waals surface area contributed by atoms with E-state index in [4.69, 9.17) is 0 Å². The number of pyridine rings is 1. The lowest BCUT2D eigenvalue weighted by Gasteiger charge is -2.04. The largest absolute Gasteiger partial charge is 0.507 e. The normalized spacial score (nSPS) is 10.0. The van der Waals surface area contributed by atoms with E-state index >= 15 is 0 Å². The summed E-state index contributed by atoms with van der Waals surface area (Å²) in [5.74, 6) is -0.498. The zero-order chi connectivity index (χ0) is 10.0. The number of aryl methyl sites for hydroxylation is 1. The zero-order valence-electron chi connectivity index (χ0n) is 7.57. The molecule has 13 heavy (non-hydrogen) atoms. The summed E-state index contributed by atoms with van der Waals surface area (Å²) in [6.07, 6.45) is 1.38. The van der Waals surface area contributed by atoms with Gasteiger partial charge in [0.05, 0.1) is 5.56 Å². The second kappa shape index (κ2) is 3.43. The molecule has 0 aliphatic rings. The van der Waals surface area contributed by atoms with Crippen molar-refractivity contribution in [3.8, 4) is 5.75 Å². The van der Waals surface area contributed by atoms with Crippen LogP contribution in [0.1, 0.15) is 24.2 Å². The van der Waals surface area contributed by atoms with E-state index in [1.165, 1.54) is 17.7 Å². The van der Waals surface area contributed by atoms with Gasteiger partial charge in [-0.2, -0.15) is 0 Å². The third kappa shape index (κ3) is 1.77. The highest BCUT2D eigenvalue weighted by atomic mass is 16.3. The molecule has 1 aromatic heterocycles. The summed E-state index contributed by atoms with van der Waals surface area (Å²) in [4.78, 5) is 22.1. The van der Waals surface area contributed by atoms with E-state index in [9.17, 15) is 14.7 Å². The third-order valence-electron chi connectivity index (χ3n) is 1.82. The van der Waals surface area contributed by atoms with E-state index in [1.807, 2.05) is 0 Å². The fraction of sp³-hybridized carbons (Fsp3) is 0.333. The van der Waals surface area contributed by atoms with Gasteiger partial charge in [-0.25, -0.2) is 0 Å². The van der Waals surface area contributed by atoms with Crippen molar-refractivity contribution in [1.82, 2.24) is 4.57 Å². The molecule has 0 saturated carbocycles. The molecule has 70 valence electrons. The van der Waals surface area contributed by atoms with E-state index in [0.717, 1.165) is 6.07 Å². The number of carbonyl (C=O) groups is 1. The van der Waals surface area contributed by atoms with E-state index in [-0.39, 0.29) is 22.7 Å². The Kier molecular flexibility index (Phi) is 2.51. The third-order valence-corrected chi connectivity index (χ3v) is 1.82. The van der Waals surface area contributed by atoms with Crippen LogP contribution in [0.2, 0.25) is 0 Å². The molecule has 0 aliphatic carbocycles. The highest BCUT2D eigenvalue weighted by Gasteiger charge is 2.08. The van der Waals surface area contributed by atoms with Crippen LogP contribution in [-0.4, -0.2) is 15.5 Å². The summed E-state index contributed by atoms with van der Waals surface area (Å²) in [6, 6.07) is 1.06. The fourth-order valence-electron chi connectivity index (χ4n) is 1.08. The lowest BCUT2D eigenvalue weighted by molar-refractivity contribution is 0.101. The molecule has 1 N–H and O–H groups in total. The molecule has 0 aromatic carbocycles. The van der Waals surface area contributed by atoms with Crippen molar-refractivity contribution in [2.75, 3.05) is 0 Å². The van der Waals surface area contributed by atoms with Crippen LogP contribution in [0.5, 0.6) is 5.75 Å². The van der Waals surface area contributed by atoms with Crippen LogP contribution in [0.4, 0.5) is 0 Å². The lowest BCUT2D eigenvalue weighted by Crippen LogP contribution is -2.18. The molecule has 1 aromatic rings. The van der Waals surface area contributed by atoms with Gasteiger partial charge in [0.1, 0.15) is 5.75 Å². The maximum absolute atomic E-state index is 11.1. The number of nitrogens with zero attached hydrogens (tertiary/aromatic N) is 1. The maximum Gasteiger partial charge on any atom is 0.254 e. The van der Waals surface area contributed by atoms with Crippen molar-refractivity contribution in [3.63, 3.8) is 0 Å². The van der Waals surface area contributed by atoms with Gasteiger partial charge < -0.3 is 9.67 Å². The Morgan fingerprint density at radius 2 is 2.23 bits per heavy atom. The molecule has 4 nitrogen and oxygen atoms in total. The molecule has 0 saturated heterocycles. The minimum atomic E-state index is -0.301. The van der Waals surface area contributed by atoms with E-state index in [0.29, 0.717) is 6.54 Å². The number of rotatable bonds is 2. The topological polar surface area (TPSA) is 59.3 Å². The first-order chi connectivity index (χ1) is 6.06. The minimum absolute atomic E-state index is 0.182. The smallest absolute Gasteiger partial charge is 0.254 e. The van der Waals surface area contributed by atoms with Crippen molar-refractivity contribution < 1.29 is 9.90 Å². The molecule has 1 rings (SSSR count). The lowest BCUT2D eigenvalue weighted by atomic mass is 10.2. The molecule has 0 spiro atoms. The summed E-state index contributed by atoms with van der Waals surface area (Å²) >= 11 is 0. The van der Waals surface area contributed by atoms with Crippen LogP contribution in [0.3, 0.4) is 0 Å². The summed E-state index contributed by atoms with van der Waals surface area (Å²) in [6.45, 7) is 3.63. The zero-order valence-corrected chi connectivity index (χ0v) is 7.57. The summed E-state index contributed by atoms with van der Waals surface area (Å²) < 4.78 is 1.37. The number of aromatic hydroxyl groups is 1. The van der Waals surface area contributed by atoms with Crippen molar-refractivity contribution in [1.29, 1.82) is 0 Å². The molecular formula is C9H11NO3. The van der Waals surface area contributed by atoms with Gasteiger partial charge in [0.2, 0.25) is 0 Å². The first-order valence-corrected chi connectivity index (χ1v) is 4.00. The average Bonchev–Trinajstić information content (AvgIpc) is 2.03. The molecule has 1 heterocycles. The van der Waals surface area contributed by atoms with Gasteiger partial charge in [0.25, 0.3) is 5.56 Å². The number of hydrogen-bond donors (Lipinski definition) is 1. The van der Waals surface area contributed by atoms with Crippen LogP contribution >= 0.6 is 0 Å². The Hall–Kier alpha value is -1.58. The molecular weight excluding hydrogens is 170 g/mol. The second-order valence-electron chi connectivity index (χ2n) is 2.75. The average molecular weight is 181 g/mol. The summed E-state index contributed by atoms with van der Waals surface area (Å²) in [5, 5.41) is 9.25. The first kappa shape index (κ1) is 9.51. The standard InChI is InChI=1S/C9H11NO3/c1-3-10-5-7(6(2)11)8(12)4-9(10)13/h4-5,12H,3H2,1-2H3. The molecule has 4 heteroatoms. The van der Waals surface area contributed by atoms with E-state index in [2.05, 4.69) is 0 Å². The number of ketones is 1. The number of carbonyl (C=O) groups excluding carboxylic acids is 1. The minimum Gasteiger partial charge on any atom is -0.507 e. The van der Waals surface area contributed by atoms with Gasteiger partial charge >= 0.3 is 0 Å². The van der Waals surface area contributed by atoms with Gasteiger partial charge in [-0.3, -0.25) is 9.59 Å². The van der Waals surface area contributed by atoms with Gasteiger partial charge in [-0.15, -0.1) is 0 Å². The van der Waals surface area contributed by atoms with Gasteiger partial charge in [-0.1, -0.05) is 0 Å².